The average Bonchev–Trinajstić information content (AvgIpc) is 3.63. The van der Waals surface area contributed by atoms with Crippen molar-refractivity contribution in [2.45, 2.75) is 70.8 Å². The van der Waals surface area contributed by atoms with Gasteiger partial charge in [-0.15, -0.1) is 11.3 Å². The monoisotopic (exact) mass is 549 g/mol. The molecule has 0 aromatic carbocycles. The molecule has 2 aliphatic heterocycles. The first kappa shape index (κ1) is 24.9. The van der Waals surface area contributed by atoms with Crippen LogP contribution in [-0.2, 0) is 4.79 Å². The van der Waals surface area contributed by atoms with Crippen LogP contribution in [0.2, 0.25) is 0 Å². The third-order valence-corrected chi connectivity index (χ3v) is 10.4. The van der Waals surface area contributed by atoms with Crippen molar-refractivity contribution in [3.8, 4) is 0 Å². The van der Waals surface area contributed by atoms with E-state index in [-0.39, 0.29) is 40.5 Å². The van der Waals surface area contributed by atoms with E-state index in [9.17, 15) is 9.59 Å². The zero-order chi connectivity index (χ0) is 26.9. The lowest BCUT2D eigenvalue weighted by Gasteiger charge is -2.50. The second-order valence-electron chi connectivity index (χ2n) is 12.8. The number of carbonyl (C=O) groups is 2. The van der Waals surface area contributed by atoms with Gasteiger partial charge in [-0.25, -0.2) is 0 Å². The van der Waals surface area contributed by atoms with Crippen LogP contribution in [0.5, 0.6) is 0 Å². The van der Waals surface area contributed by atoms with Crippen LogP contribution in [0.25, 0.3) is 0 Å². The van der Waals surface area contributed by atoms with Gasteiger partial charge in [0.25, 0.3) is 11.8 Å². The molecule has 39 heavy (non-hydrogen) atoms. The Kier molecular flexibility index (Phi) is 5.73. The van der Waals surface area contributed by atoms with Gasteiger partial charge < -0.3 is 14.3 Å². The summed E-state index contributed by atoms with van der Waals surface area (Å²) in [6.07, 6.45) is 11.7. The fourth-order valence-corrected chi connectivity index (χ4v) is 7.55. The number of aromatic nitrogens is 5. The van der Waals surface area contributed by atoms with Gasteiger partial charge in [0.05, 0.1) is 23.8 Å². The van der Waals surface area contributed by atoms with Gasteiger partial charge in [-0.05, 0) is 43.1 Å². The van der Waals surface area contributed by atoms with Crippen LogP contribution < -0.4 is 0 Å². The van der Waals surface area contributed by atoms with Crippen molar-refractivity contribution in [1.29, 1.82) is 0 Å². The number of amides is 2. The van der Waals surface area contributed by atoms with E-state index in [1.54, 1.807) is 11.7 Å². The van der Waals surface area contributed by atoms with Crippen LogP contribution in [0.4, 0.5) is 0 Å². The summed E-state index contributed by atoms with van der Waals surface area (Å²) in [5, 5.41) is 9.04. The SMILES string of the molecule is CC(c1nc(C2CN(C(=O)c3cncs3)CC23CN(C(=O)[C@H]2CC2(C)C)C3)no1)n1cc(C2CCCC2)cn1. The third-order valence-electron chi connectivity index (χ3n) is 9.68. The topological polar surface area (TPSA) is 110 Å². The van der Waals surface area contributed by atoms with Crippen molar-refractivity contribution in [2.24, 2.45) is 16.7 Å². The number of carbonyl (C=O) groups excluding carboxylic acids is 2. The van der Waals surface area contributed by atoms with Crippen LogP contribution >= 0.6 is 11.3 Å². The zero-order valence-corrected chi connectivity index (χ0v) is 23.6. The Bertz CT molecular complexity index is 1380. The highest BCUT2D eigenvalue weighted by atomic mass is 32.1. The van der Waals surface area contributed by atoms with Crippen LogP contribution in [0.15, 0.2) is 28.6 Å². The van der Waals surface area contributed by atoms with Crippen molar-refractivity contribution in [3.05, 3.63) is 46.3 Å². The van der Waals surface area contributed by atoms with E-state index < -0.39 is 0 Å². The summed E-state index contributed by atoms with van der Waals surface area (Å²) in [6.45, 7) is 8.60. The smallest absolute Gasteiger partial charge is 0.265 e. The number of likely N-dealkylation sites (tertiary alicyclic amines) is 2. The molecule has 10 nitrogen and oxygen atoms in total. The average molecular weight is 550 g/mol. The van der Waals surface area contributed by atoms with Gasteiger partial charge in [0.1, 0.15) is 10.9 Å². The predicted octanol–water partition coefficient (Wildman–Crippen LogP) is 4.10. The molecule has 3 atom stereocenters. The normalized spacial score (nSPS) is 26.2. The number of hydrogen-bond acceptors (Lipinski definition) is 8. The first-order chi connectivity index (χ1) is 18.7. The number of nitrogens with zero attached hydrogens (tertiary/aromatic N) is 7. The molecule has 2 amide bonds. The molecule has 0 radical (unpaired) electrons. The Balaban J connectivity index is 1.12. The van der Waals surface area contributed by atoms with Crippen molar-refractivity contribution >= 4 is 23.2 Å². The van der Waals surface area contributed by atoms with Crippen LogP contribution in [-0.4, -0.2) is 72.7 Å². The van der Waals surface area contributed by atoms with Crippen molar-refractivity contribution in [3.63, 3.8) is 0 Å². The number of thiazole rings is 1. The quantitative estimate of drug-likeness (QED) is 0.455. The minimum Gasteiger partial charge on any atom is -0.341 e. The van der Waals surface area contributed by atoms with Crippen LogP contribution in [0.3, 0.4) is 0 Å². The second-order valence-corrected chi connectivity index (χ2v) is 13.7. The zero-order valence-electron chi connectivity index (χ0n) is 22.7. The largest absolute Gasteiger partial charge is 0.341 e. The summed E-state index contributed by atoms with van der Waals surface area (Å²) < 4.78 is 7.71. The minimum atomic E-state index is -0.277. The Morgan fingerprint density at radius 1 is 1.13 bits per heavy atom. The van der Waals surface area contributed by atoms with Gasteiger partial charge in [0.15, 0.2) is 5.82 Å². The molecule has 3 aromatic rings. The molecule has 7 rings (SSSR count). The molecule has 3 aromatic heterocycles. The third kappa shape index (κ3) is 4.20. The first-order valence-corrected chi connectivity index (χ1v) is 15.0. The fourth-order valence-electron chi connectivity index (χ4n) is 6.96. The van der Waals surface area contributed by atoms with Gasteiger partial charge in [0.2, 0.25) is 5.91 Å². The maximum Gasteiger partial charge on any atom is 0.265 e. The Hall–Kier alpha value is -3.08. The summed E-state index contributed by atoms with van der Waals surface area (Å²) in [7, 11) is 0. The van der Waals surface area contributed by atoms with E-state index in [4.69, 9.17) is 9.51 Å². The summed E-state index contributed by atoms with van der Waals surface area (Å²) in [6, 6.07) is -0.190. The first-order valence-electron chi connectivity index (χ1n) is 14.1. The fraction of sp³-hybridized carbons (Fsp3) is 0.643. The minimum absolute atomic E-state index is 0.0273. The highest BCUT2D eigenvalue weighted by Gasteiger charge is 2.61. The molecule has 2 aliphatic carbocycles. The molecular weight excluding hydrogens is 514 g/mol. The molecule has 4 fully saturated rings. The summed E-state index contributed by atoms with van der Waals surface area (Å²) in [4.78, 5) is 39.8. The van der Waals surface area contributed by atoms with Crippen molar-refractivity contribution in [2.75, 3.05) is 26.2 Å². The highest BCUT2D eigenvalue weighted by molar-refractivity contribution is 7.11. The van der Waals surface area contributed by atoms with Gasteiger partial charge in [-0.1, -0.05) is 31.8 Å². The molecular formula is C28H35N7O3S. The van der Waals surface area contributed by atoms with Gasteiger partial charge in [0, 0.05) is 43.7 Å². The summed E-state index contributed by atoms with van der Waals surface area (Å²) >= 11 is 1.35. The molecule has 1 spiro atoms. The molecule has 0 bridgehead atoms. The van der Waals surface area contributed by atoms with E-state index in [0.717, 1.165) is 6.42 Å². The molecule has 11 heteroatoms. The lowest BCUT2D eigenvalue weighted by Crippen LogP contribution is -2.62. The maximum atomic E-state index is 13.3. The van der Waals surface area contributed by atoms with Gasteiger partial charge in [-0.2, -0.15) is 10.1 Å². The Morgan fingerprint density at radius 2 is 1.87 bits per heavy atom. The van der Waals surface area contributed by atoms with Crippen LogP contribution in [0, 0.1) is 16.7 Å². The van der Waals surface area contributed by atoms with E-state index in [1.807, 2.05) is 27.6 Å². The molecule has 2 unspecified atom stereocenters. The van der Waals surface area contributed by atoms with Crippen molar-refractivity contribution in [1.82, 2.24) is 34.7 Å². The van der Waals surface area contributed by atoms with E-state index in [2.05, 4.69) is 35.3 Å². The molecule has 0 N–H and O–H groups in total. The standard InChI is InChI=1S/C28H35N7O3S/c1-17(35-11-19(9-30-35)18-6-4-5-7-18)24-31-23(32-38-24)21-12-33(26(37)22-10-29-16-39-22)13-28(21)14-34(15-28)25(36)20-8-27(20,2)3/h9-11,16-18,20-21H,4-8,12-15H2,1-3H3/t17?,20-,21?/m1/s1. The molecule has 2 saturated heterocycles. The lowest BCUT2D eigenvalue weighted by molar-refractivity contribution is -0.145. The Labute approximate surface area is 231 Å². The molecule has 4 aliphatic rings. The molecule has 5 heterocycles. The number of rotatable bonds is 6. The summed E-state index contributed by atoms with van der Waals surface area (Å²) in [5.41, 5.74) is 2.77. The van der Waals surface area contributed by atoms with E-state index >= 15 is 0 Å². The molecule has 2 saturated carbocycles. The summed E-state index contributed by atoms with van der Waals surface area (Å²) in [5.74, 6) is 1.91. The molecule has 206 valence electrons. The van der Waals surface area contributed by atoms with Gasteiger partial charge >= 0.3 is 0 Å². The maximum absolute atomic E-state index is 13.3. The van der Waals surface area contributed by atoms with E-state index in [0.29, 0.717) is 48.7 Å². The lowest BCUT2D eigenvalue weighted by atomic mass is 9.71. The van der Waals surface area contributed by atoms with E-state index in [1.165, 1.54) is 42.6 Å². The highest BCUT2D eigenvalue weighted by Crippen LogP contribution is 2.55. The second kappa shape index (κ2) is 8.97. The van der Waals surface area contributed by atoms with Crippen LogP contribution in [0.1, 0.15) is 97.7 Å². The number of hydrogen-bond donors (Lipinski definition) is 0. The Morgan fingerprint density at radius 3 is 2.56 bits per heavy atom. The van der Waals surface area contributed by atoms with Crippen molar-refractivity contribution < 1.29 is 14.1 Å². The van der Waals surface area contributed by atoms with Gasteiger partial charge in [-0.3, -0.25) is 19.3 Å². The predicted molar refractivity (Wildman–Crippen MR) is 143 cm³/mol.